The number of aromatic nitrogens is 1. The fourth-order valence-electron chi connectivity index (χ4n) is 2.60. The zero-order chi connectivity index (χ0) is 13.6. The fraction of sp³-hybridized carbons (Fsp3) is 0.357. The second kappa shape index (κ2) is 5.43. The molecule has 0 fully saturated rings. The molecule has 0 unspecified atom stereocenters. The van der Waals surface area contributed by atoms with Gasteiger partial charge in [-0.15, -0.1) is 11.3 Å². The second-order valence-electron chi connectivity index (χ2n) is 4.86. The van der Waals surface area contributed by atoms with E-state index < -0.39 is 0 Å². The number of rotatable bonds is 1. The Labute approximate surface area is 138 Å². The maximum absolute atomic E-state index is 5.59. The zero-order valence-electron chi connectivity index (χ0n) is 10.5. The summed E-state index contributed by atoms with van der Waals surface area (Å²) < 4.78 is 5.41. The molecule has 3 rings (SSSR count). The summed E-state index contributed by atoms with van der Waals surface area (Å²) in [5, 5.41) is 0. The van der Waals surface area contributed by atoms with E-state index in [9.17, 15) is 0 Å². The maximum atomic E-state index is 5.59. The number of benzene rings is 1. The van der Waals surface area contributed by atoms with Gasteiger partial charge in [-0.3, -0.25) is 4.57 Å². The van der Waals surface area contributed by atoms with Gasteiger partial charge in [0.25, 0.3) is 0 Å². The van der Waals surface area contributed by atoms with Gasteiger partial charge in [0.15, 0.2) is 3.95 Å². The van der Waals surface area contributed by atoms with Crippen molar-refractivity contribution in [3.63, 3.8) is 0 Å². The van der Waals surface area contributed by atoms with Crippen molar-refractivity contribution in [2.24, 2.45) is 0 Å². The molecule has 19 heavy (non-hydrogen) atoms. The third-order valence-electron chi connectivity index (χ3n) is 3.44. The molecule has 5 heteroatoms. The molecule has 0 saturated carbocycles. The first-order valence-corrected chi connectivity index (χ1v) is 9.08. The van der Waals surface area contributed by atoms with Crippen LogP contribution in [0.25, 0.3) is 5.69 Å². The molecule has 0 spiro atoms. The van der Waals surface area contributed by atoms with E-state index in [1.165, 1.54) is 35.4 Å². The predicted molar refractivity (Wildman–Crippen MR) is 91.3 cm³/mol. The Morgan fingerprint density at radius 1 is 1.16 bits per heavy atom. The zero-order valence-corrected chi connectivity index (χ0v) is 15.3. The molecular formula is C14H13Br2NS2. The summed E-state index contributed by atoms with van der Waals surface area (Å²) in [6, 6.07) is 4.30. The van der Waals surface area contributed by atoms with E-state index in [2.05, 4.69) is 55.5 Å². The van der Waals surface area contributed by atoms with E-state index in [0.717, 1.165) is 25.0 Å². The Morgan fingerprint density at radius 2 is 1.79 bits per heavy atom. The van der Waals surface area contributed by atoms with E-state index in [1.807, 2.05) is 0 Å². The quantitative estimate of drug-likeness (QED) is 0.515. The summed E-state index contributed by atoms with van der Waals surface area (Å²) in [5.74, 6) is 0. The van der Waals surface area contributed by atoms with Gasteiger partial charge in [0.05, 0.1) is 5.69 Å². The molecule has 1 aliphatic carbocycles. The highest BCUT2D eigenvalue weighted by Crippen LogP contribution is 2.37. The molecule has 1 heterocycles. The van der Waals surface area contributed by atoms with Crippen LogP contribution < -0.4 is 0 Å². The minimum atomic E-state index is 0.956. The smallest absolute Gasteiger partial charge is 0.166 e. The number of hydrogen-bond donors (Lipinski definition) is 0. The molecule has 0 aliphatic heterocycles. The molecule has 2 aromatic rings. The van der Waals surface area contributed by atoms with Gasteiger partial charge in [0.1, 0.15) is 0 Å². The van der Waals surface area contributed by atoms with Crippen LogP contribution in [0.4, 0.5) is 0 Å². The highest BCUT2D eigenvalue weighted by molar-refractivity contribution is 9.11. The van der Waals surface area contributed by atoms with Crippen LogP contribution in [0.2, 0.25) is 0 Å². The SMILES string of the molecule is Cc1cc(Br)c(-n2c3c(sc2=S)CCCC3)c(Br)c1. The number of aryl methyl sites for hydroxylation is 2. The fourth-order valence-corrected chi connectivity index (χ4v) is 5.94. The van der Waals surface area contributed by atoms with Gasteiger partial charge in [-0.2, -0.15) is 0 Å². The van der Waals surface area contributed by atoms with E-state index in [-0.39, 0.29) is 0 Å². The molecule has 1 aromatic carbocycles. The third kappa shape index (κ3) is 2.50. The van der Waals surface area contributed by atoms with Crippen LogP contribution in [0.15, 0.2) is 21.1 Å². The molecule has 1 aromatic heterocycles. The monoisotopic (exact) mass is 417 g/mol. The number of fused-ring (bicyclic) bond motifs is 1. The number of thiazole rings is 1. The van der Waals surface area contributed by atoms with Crippen LogP contribution in [-0.2, 0) is 12.8 Å². The van der Waals surface area contributed by atoms with Crippen molar-refractivity contribution in [3.05, 3.63) is 41.2 Å². The number of halogens is 2. The van der Waals surface area contributed by atoms with Gasteiger partial charge in [-0.1, -0.05) is 0 Å². The van der Waals surface area contributed by atoms with Crippen LogP contribution in [-0.4, -0.2) is 4.57 Å². The Bertz CT molecular complexity index is 677. The van der Waals surface area contributed by atoms with Gasteiger partial charge in [-0.25, -0.2) is 0 Å². The van der Waals surface area contributed by atoms with Crippen molar-refractivity contribution in [1.29, 1.82) is 0 Å². The van der Waals surface area contributed by atoms with Gasteiger partial charge in [0, 0.05) is 19.5 Å². The van der Waals surface area contributed by atoms with Crippen LogP contribution in [0, 0.1) is 10.9 Å². The predicted octanol–water partition coefficient (Wildman–Crippen LogP) is 5.98. The Balaban J connectivity index is 2.29. The summed E-state index contributed by atoms with van der Waals surface area (Å²) in [6.07, 6.45) is 4.87. The van der Waals surface area contributed by atoms with E-state index in [4.69, 9.17) is 12.2 Å². The average molecular weight is 419 g/mol. The molecular weight excluding hydrogens is 406 g/mol. The summed E-state index contributed by atoms with van der Waals surface area (Å²) in [4.78, 5) is 1.47. The van der Waals surface area contributed by atoms with Gasteiger partial charge in [0.2, 0.25) is 0 Å². The lowest BCUT2D eigenvalue weighted by Crippen LogP contribution is -2.08. The maximum Gasteiger partial charge on any atom is 0.166 e. The highest BCUT2D eigenvalue weighted by atomic mass is 79.9. The van der Waals surface area contributed by atoms with Crippen molar-refractivity contribution in [3.8, 4) is 5.69 Å². The topological polar surface area (TPSA) is 4.93 Å². The lowest BCUT2D eigenvalue weighted by Gasteiger charge is -2.17. The number of nitrogens with zero attached hydrogens (tertiary/aromatic N) is 1. The van der Waals surface area contributed by atoms with Crippen LogP contribution >= 0.6 is 55.4 Å². The normalized spacial score (nSPS) is 14.5. The standard InChI is InChI=1S/C14H13Br2NS2/c1-8-6-9(15)13(10(16)7-8)17-11-4-2-3-5-12(11)19-14(17)18/h6-7H,2-5H2,1H3. The minimum absolute atomic E-state index is 0.956. The third-order valence-corrected chi connectivity index (χ3v) is 6.12. The average Bonchev–Trinajstić information content (AvgIpc) is 2.65. The summed E-state index contributed by atoms with van der Waals surface area (Å²) in [7, 11) is 0. The second-order valence-corrected chi connectivity index (χ2v) is 8.29. The van der Waals surface area contributed by atoms with Crippen molar-refractivity contribution in [2.75, 3.05) is 0 Å². The molecule has 0 bridgehead atoms. The first-order valence-electron chi connectivity index (χ1n) is 6.27. The highest BCUT2D eigenvalue weighted by Gasteiger charge is 2.20. The summed E-state index contributed by atoms with van der Waals surface area (Å²) in [5.41, 5.74) is 3.79. The molecule has 0 amide bonds. The molecule has 0 atom stereocenters. The molecule has 0 N–H and O–H groups in total. The van der Waals surface area contributed by atoms with Crippen molar-refractivity contribution in [2.45, 2.75) is 32.6 Å². The van der Waals surface area contributed by atoms with Crippen molar-refractivity contribution >= 4 is 55.4 Å². The molecule has 1 aliphatic rings. The van der Waals surface area contributed by atoms with Gasteiger partial charge < -0.3 is 0 Å². The Hall–Kier alpha value is 0.0300. The Morgan fingerprint density at radius 3 is 2.47 bits per heavy atom. The molecule has 0 radical (unpaired) electrons. The van der Waals surface area contributed by atoms with E-state index in [0.29, 0.717) is 0 Å². The van der Waals surface area contributed by atoms with Crippen molar-refractivity contribution < 1.29 is 0 Å². The molecule has 1 nitrogen and oxygen atoms in total. The van der Waals surface area contributed by atoms with E-state index in [1.54, 1.807) is 11.3 Å². The van der Waals surface area contributed by atoms with E-state index >= 15 is 0 Å². The minimum Gasteiger partial charge on any atom is -0.293 e. The van der Waals surface area contributed by atoms with Crippen LogP contribution in [0.3, 0.4) is 0 Å². The van der Waals surface area contributed by atoms with Gasteiger partial charge in [-0.05, 0) is 94.4 Å². The number of hydrogen-bond acceptors (Lipinski definition) is 2. The van der Waals surface area contributed by atoms with Crippen LogP contribution in [0.5, 0.6) is 0 Å². The molecule has 100 valence electrons. The Kier molecular flexibility index (Phi) is 4.00. The van der Waals surface area contributed by atoms with Crippen LogP contribution in [0.1, 0.15) is 29.0 Å². The first kappa shape index (κ1) is 14.0. The largest absolute Gasteiger partial charge is 0.293 e. The lowest BCUT2D eigenvalue weighted by atomic mass is 10.0. The summed E-state index contributed by atoms with van der Waals surface area (Å²) >= 11 is 14.7. The lowest BCUT2D eigenvalue weighted by molar-refractivity contribution is 0.665. The van der Waals surface area contributed by atoms with Gasteiger partial charge >= 0.3 is 0 Å². The first-order chi connectivity index (χ1) is 9.08. The molecule has 0 saturated heterocycles. The van der Waals surface area contributed by atoms with Crippen molar-refractivity contribution in [1.82, 2.24) is 4.57 Å². The summed E-state index contributed by atoms with van der Waals surface area (Å²) in [6.45, 7) is 2.10.